The van der Waals surface area contributed by atoms with Crippen LogP contribution in [0.4, 0.5) is 0 Å². The minimum absolute atomic E-state index is 0.261. The number of carbonyl (C=O) groups is 3. The highest BCUT2D eigenvalue weighted by molar-refractivity contribution is 5.80. The zero-order valence-electron chi connectivity index (χ0n) is 33.9. The Morgan fingerprint density at radius 1 is 0.420 bits per heavy atom. The summed E-state index contributed by atoms with van der Waals surface area (Å²) in [6.45, 7) is 8.64. The van der Waals surface area contributed by atoms with E-state index in [4.69, 9.17) is 14.2 Å². The first-order chi connectivity index (χ1) is 24.4. The molecule has 1 unspecified atom stereocenters. The third kappa shape index (κ3) is 36.2. The molecule has 6 heteroatoms. The van der Waals surface area contributed by atoms with Gasteiger partial charge in [0.2, 0.25) is 6.10 Å². The Balaban J connectivity index is 4.04. The van der Waals surface area contributed by atoms with E-state index in [1.165, 1.54) is 154 Å². The molecule has 50 heavy (non-hydrogen) atoms. The molecule has 0 N–H and O–H groups in total. The molecule has 0 aliphatic heterocycles. The predicted octanol–water partition coefficient (Wildman–Crippen LogP) is 13.6. The van der Waals surface area contributed by atoms with Gasteiger partial charge in [0, 0.05) is 12.8 Å². The summed E-state index contributed by atoms with van der Waals surface area (Å²) < 4.78 is 16.2. The number of unbranched alkanes of at least 4 members (excludes halogenated alkanes) is 28. The second-order valence-electron chi connectivity index (χ2n) is 15.4. The van der Waals surface area contributed by atoms with Crippen molar-refractivity contribution in [2.45, 2.75) is 246 Å². The van der Waals surface area contributed by atoms with Gasteiger partial charge in [0.15, 0.2) is 0 Å². The standard InChI is InChI=1S/C44H84O6/c1-5-7-9-11-13-15-17-19-21-23-25-27-29-31-33-35-42(45)49-39-41(44(47)48-38-37-40(3)4)50-43(46)36-34-32-30-28-26-24-22-20-18-16-14-12-10-8-6-2/h40-41H,5-39H2,1-4H3. The van der Waals surface area contributed by atoms with Crippen molar-refractivity contribution in [1.29, 1.82) is 0 Å². The highest BCUT2D eigenvalue weighted by atomic mass is 16.6. The fourth-order valence-corrected chi connectivity index (χ4v) is 6.38. The van der Waals surface area contributed by atoms with Crippen LogP contribution < -0.4 is 0 Å². The molecule has 296 valence electrons. The smallest absolute Gasteiger partial charge is 0.351 e. The van der Waals surface area contributed by atoms with Crippen molar-refractivity contribution < 1.29 is 28.6 Å². The van der Waals surface area contributed by atoms with Crippen molar-refractivity contribution in [2.24, 2.45) is 5.92 Å². The molecule has 0 bridgehead atoms. The average Bonchev–Trinajstić information content (AvgIpc) is 3.09. The van der Waals surface area contributed by atoms with Crippen LogP contribution in [0.2, 0.25) is 0 Å². The Labute approximate surface area is 310 Å². The van der Waals surface area contributed by atoms with E-state index in [2.05, 4.69) is 27.7 Å². The van der Waals surface area contributed by atoms with Gasteiger partial charge in [-0.15, -0.1) is 0 Å². The topological polar surface area (TPSA) is 78.9 Å². The molecule has 0 amide bonds. The maximum Gasteiger partial charge on any atom is 0.351 e. The summed E-state index contributed by atoms with van der Waals surface area (Å²) in [6, 6.07) is 0. The lowest BCUT2D eigenvalue weighted by molar-refractivity contribution is -0.174. The summed E-state index contributed by atoms with van der Waals surface area (Å²) in [4.78, 5) is 37.7. The summed E-state index contributed by atoms with van der Waals surface area (Å²) in [5.41, 5.74) is 0. The number of hydrogen-bond acceptors (Lipinski definition) is 6. The minimum Gasteiger partial charge on any atom is -0.463 e. The molecule has 1 atom stereocenters. The minimum atomic E-state index is -1.20. The molecular weight excluding hydrogens is 624 g/mol. The molecule has 0 spiro atoms. The van der Waals surface area contributed by atoms with E-state index in [-0.39, 0.29) is 25.6 Å². The fraction of sp³-hybridized carbons (Fsp3) is 0.932. The van der Waals surface area contributed by atoms with E-state index in [1.54, 1.807) is 0 Å². The van der Waals surface area contributed by atoms with E-state index in [9.17, 15) is 14.4 Å². The summed E-state index contributed by atoms with van der Waals surface area (Å²) in [6.07, 6.45) is 38.1. The monoisotopic (exact) mass is 709 g/mol. The fourth-order valence-electron chi connectivity index (χ4n) is 6.38. The Morgan fingerprint density at radius 3 is 1.08 bits per heavy atom. The summed E-state index contributed by atoms with van der Waals surface area (Å²) >= 11 is 0. The van der Waals surface area contributed by atoms with Crippen LogP contribution in [0.25, 0.3) is 0 Å². The molecule has 0 rings (SSSR count). The Morgan fingerprint density at radius 2 is 0.740 bits per heavy atom. The molecule has 0 aliphatic carbocycles. The molecule has 0 saturated carbocycles. The average molecular weight is 709 g/mol. The van der Waals surface area contributed by atoms with Gasteiger partial charge in [-0.1, -0.05) is 207 Å². The van der Waals surface area contributed by atoms with E-state index in [0.717, 1.165) is 44.9 Å². The predicted molar refractivity (Wildman–Crippen MR) is 210 cm³/mol. The normalized spacial score (nSPS) is 11.9. The SMILES string of the molecule is CCCCCCCCCCCCCCCCCC(=O)OCC(OC(=O)CCCCCCCCCCCCCCCCC)C(=O)OCCC(C)C. The summed E-state index contributed by atoms with van der Waals surface area (Å²) in [7, 11) is 0. The van der Waals surface area contributed by atoms with Gasteiger partial charge in [0.1, 0.15) is 6.61 Å². The Bertz CT molecular complexity index is 751. The number of ether oxygens (including phenoxy) is 3. The largest absolute Gasteiger partial charge is 0.463 e. The van der Waals surface area contributed by atoms with Crippen LogP contribution in [0.15, 0.2) is 0 Å². The lowest BCUT2D eigenvalue weighted by Gasteiger charge is -2.17. The van der Waals surface area contributed by atoms with Crippen molar-refractivity contribution in [2.75, 3.05) is 13.2 Å². The van der Waals surface area contributed by atoms with Gasteiger partial charge in [0.25, 0.3) is 0 Å². The lowest BCUT2D eigenvalue weighted by atomic mass is 10.0. The van der Waals surface area contributed by atoms with Crippen molar-refractivity contribution >= 4 is 17.9 Å². The zero-order chi connectivity index (χ0) is 36.8. The van der Waals surface area contributed by atoms with Gasteiger partial charge in [-0.25, -0.2) is 4.79 Å². The molecule has 6 nitrogen and oxygen atoms in total. The summed E-state index contributed by atoms with van der Waals surface area (Å²) in [5, 5.41) is 0. The molecular formula is C44H84O6. The number of carbonyl (C=O) groups excluding carboxylic acids is 3. The van der Waals surface area contributed by atoms with Gasteiger partial charge in [0.05, 0.1) is 6.61 Å². The third-order valence-corrected chi connectivity index (χ3v) is 9.84. The van der Waals surface area contributed by atoms with Crippen LogP contribution in [0.5, 0.6) is 0 Å². The molecule has 0 aromatic heterocycles. The van der Waals surface area contributed by atoms with E-state index in [0.29, 0.717) is 12.3 Å². The highest BCUT2D eigenvalue weighted by Gasteiger charge is 2.26. The van der Waals surface area contributed by atoms with E-state index < -0.39 is 18.0 Å². The zero-order valence-corrected chi connectivity index (χ0v) is 33.9. The molecule has 0 radical (unpaired) electrons. The number of rotatable bonds is 39. The van der Waals surface area contributed by atoms with Crippen LogP contribution in [0.1, 0.15) is 240 Å². The van der Waals surface area contributed by atoms with Crippen molar-refractivity contribution in [3.8, 4) is 0 Å². The Kier molecular flexibility index (Phi) is 37.4. The van der Waals surface area contributed by atoms with Gasteiger partial charge >= 0.3 is 17.9 Å². The molecule has 0 aromatic carbocycles. The van der Waals surface area contributed by atoms with E-state index >= 15 is 0 Å². The second kappa shape index (κ2) is 38.6. The van der Waals surface area contributed by atoms with Crippen LogP contribution in [0, 0.1) is 5.92 Å². The van der Waals surface area contributed by atoms with Crippen molar-refractivity contribution in [1.82, 2.24) is 0 Å². The third-order valence-electron chi connectivity index (χ3n) is 9.84. The van der Waals surface area contributed by atoms with Gasteiger partial charge in [-0.2, -0.15) is 0 Å². The highest BCUT2D eigenvalue weighted by Crippen LogP contribution is 2.16. The van der Waals surface area contributed by atoms with Crippen molar-refractivity contribution in [3.05, 3.63) is 0 Å². The van der Waals surface area contributed by atoms with Gasteiger partial charge in [-0.3, -0.25) is 9.59 Å². The first-order valence-electron chi connectivity index (χ1n) is 21.9. The number of esters is 3. The van der Waals surface area contributed by atoms with Crippen LogP contribution in [0.3, 0.4) is 0 Å². The van der Waals surface area contributed by atoms with E-state index in [1.807, 2.05) is 0 Å². The van der Waals surface area contributed by atoms with Crippen LogP contribution in [-0.2, 0) is 28.6 Å². The molecule has 0 heterocycles. The maximum absolute atomic E-state index is 12.7. The molecule has 0 aliphatic rings. The maximum atomic E-state index is 12.7. The quantitative estimate of drug-likeness (QED) is 0.0359. The first kappa shape index (κ1) is 48.4. The lowest BCUT2D eigenvalue weighted by Crippen LogP contribution is -2.34. The molecule has 0 aromatic rings. The van der Waals surface area contributed by atoms with Gasteiger partial charge in [-0.05, 0) is 25.2 Å². The molecule has 0 saturated heterocycles. The van der Waals surface area contributed by atoms with Gasteiger partial charge < -0.3 is 14.2 Å². The Hall–Kier alpha value is -1.59. The van der Waals surface area contributed by atoms with Crippen molar-refractivity contribution in [3.63, 3.8) is 0 Å². The van der Waals surface area contributed by atoms with Crippen LogP contribution >= 0.6 is 0 Å². The van der Waals surface area contributed by atoms with Crippen LogP contribution in [-0.4, -0.2) is 37.2 Å². The second-order valence-corrected chi connectivity index (χ2v) is 15.4. The summed E-state index contributed by atoms with van der Waals surface area (Å²) in [5.74, 6) is -1.01. The first-order valence-corrected chi connectivity index (χ1v) is 21.9. The molecule has 0 fully saturated rings. The number of hydrogen-bond donors (Lipinski definition) is 0.